The van der Waals surface area contributed by atoms with Crippen LogP contribution in [0.2, 0.25) is 0 Å². The molecule has 1 aromatic rings. The highest BCUT2D eigenvalue weighted by Gasteiger charge is 2.18. The number of hydrogen-bond acceptors (Lipinski definition) is 5. The number of ether oxygens (including phenoxy) is 2. The summed E-state index contributed by atoms with van der Waals surface area (Å²) in [5, 5.41) is 5.69. The molecule has 0 aromatic heterocycles. The van der Waals surface area contributed by atoms with E-state index in [0.29, 0.717) is 18.8 Å². The van der Waals surface area contributed by atoms with Crippen molar-refractivity contribution in [2.24, 2.45) is 5.73 Å². The van der Waals surface area contributed by atoms with Crippen LogP contribution in [-0.4, -0.2) is 38.0 Å². The van der Waals surface area contributed by atoms with Crippen molar-refractivity contribution >= 4 is 17.5 Å². The number of halogens is 1. The Hall–Kier alpha value is -1.86. The van der Waals surface area contributed by atoms with Gasteiger partial charge in [0.15, 0.2) is 0 Å². The molecule has 0 spiro atoms. The van der Waals surface area contributed by atoms with Crippen LogP contribution in [0.4, 0.5) is 20.6 Å². The van der Waals surface area contributed by atoms with E-state index in [9.17, 15) is 9.18 Å². The third kappa shape index (κ3) is 7.61. The van der Waals surface area contributed by atoms with Crippen LogP contribution in [-0.2, 0) is 9.47 Å². The lowest BCUT2D eigenvalue weighted by atomic mass is 10.1. The maximum Gasteiger partial charge on any atom is 0.412 e. The highest BCUT2D eigenvalue weighted by molar-refractivity contribution is 5.85. The van der Waals surface area contributed by atoms with Gasteiger partial charge in [0.05, 0.1) is 12.3 Å². The van der Waals surface area contributed by atoms with Crippen LogP contribution in [0.5, 0.6) is 0 Å². The number of methoxy groups -OCH3 is 1. The third-order valence-electron chi connectivity index (χ3n) is 3.10. The van der Waals surface area contributed by atoms with Crippen LogP contribution < -0.4 is 16.4 Å². The summed E-state index contributed by atoms with van der Waals surface area (Å²) in [4.78, 5) is 11.8. The van der Waals surface area contributed by atoms with E-state index >= 15 is 0 Å². The molecule has 0 aliphatic carbocycles. The van der Waals surface area contributed by atoms with E-state index in [1.165, 1.54) is 12.1 Å². The molecule has 4 N–H and O–H groups in total. The van der Waals surface area contributed by atoms with Crippen LogP contribution >= 0.6 is 0 Å². The Morgan fingerprint density at radius 1 is 1.38 bits per heavy atom. The molecular weight excluding hydrogens is 313 g/mol. The minimum atomic E-state index is -0.699. The van der Waals surface area contributed by atoms with Gasteiger partial charge in [-0.2, -0.15) is 0 Å². The number of anilines is 2. The second-order valence-corrected chi connectivity index (χ2v) is 6.55. The highest BCUT2D eigenvalue weighted by Crippen LogP contribution is 2.22. The van der Waals surface area contributed by atoms with Crippen molar-refractivity contribution < 1.29 is 18.7 Å². The molecule has 0 fully saturated rings. The maximum atomic E-state index is 13.9. The number of benzene rings is 1. The van der Waals surface area contributed by atoms with Gasteiger partial charge in [0.25, 0.3) is 0 Å². The number of nitrogens with two attached hydrogens (primary N) is 1. The summed E-state index contributed by atoms with van der Waals surface area (Å²) in [7, 11) is 1.62. The first-order valence-electron chi connectivity index (χ1n) is 8.00. The summed E-state index contributed by atoms with van der Waals surface area (Å²) >= 11 is 0. The molecule has 0 aliphatic rings. The Kier molecular flexibility index (Phi) is 7.94. The molecule has 1 amide bonds. The zero-order chi connectivity index (χ0) is 18.2. The second-order valence-electron chi connectivity index (χ2n) is 6.55. The molecule has 1 unspecified atom stereocenters. The largest absolute Gasteiger partial charge is 0.444 e. The Morgan fingerprint density at radius 3 is 2.67 bits per heavy atom. The Balaban J connectivity index is 2.78. The van der Waals surface area contributed by atoms with Gasteiger partial charge in [0.2, 0.25) is 0 Å². The lowest BCUT2D eigenvalue weighted by Gasteiger charge is -2.21. The number of carbonyl (C=O) groups is 1. The van der Waals surface area contributed by atoms with E-state index in [2.05, 4.69) is 10.6 Å². The van der Waals surface area contributed by atoms with Gasteiger partial charge >= 0.3 is 6.09 Å². The molecular formula is C17H28FN3O3. The van der Waals surface area contributed by atoms with E-state index in [1.54, 1.807) is 33.9 Å². The molecule has 6 nitrogen and oxygen atoms in total. The standard InChI is InChI=1S/C17H28FN3O3/c1-17(2,3)24-16(22)21-15-10-12(7-8-14(15)18)20-13(11-23-4)6-5-9-19/h7-8,10,13,20H,5-6,9,11,19H2,1-4H3,(H,21,22). The molecule has 0 bridgehead atoms. The molecule has 24 heavy (non-hydrogen) atoms. The fourth-order valence-corrected chi connectivity index (χ4v) is 2.12. The van der Waals surface area contributed by atoms with Crippen molar-refractivity contribution in [2.75, 3.05) is 30.9 Å². The minimum absolute atomic E-state index is 0.0541. The molecule has 0 radical (unpaired) electrons. The van der Waals surface area contributed by atoms with Gasteiger partial charge in [-0.15, -0.1) is 0 Å². The van der Waals surface area contributed by atoms with Crippen LogP contribution in [0.1, 0.15) is 33.6 Å². The van der Waals surface area contributed by atoms with Gasteiger partial charge < -0.3 is 20.5 Å². The SMILES string of the molecule is COCC(CCCN)Nc1ccc(F)c(NC(=O)OC(C)(C)C)c1. The Bertz CT molecular complexity index is 532. The van der Waals surface area contributed by atoms with Crippen LogP contribution in [0.25, 0.3) is 0 Å². The topological polar surface area (TPSA) is 85.6 Å². The molecule has 1 aromatic carbocycles. The average molecular weight is 341 g/mol. The quantitative estimate of drug-likeness (QED) is 0.675. The first-order chi connectivity index (χ1) is 11.2. The first kappa shape index (κ1) is 20.2. The predicted molar refractivity (Wildman–Crippen MR) is 93.8 cm³/mol. The maximum absolute atomic E-state index is 13.9. The summed E-state index contributed by atoms with van der Waals surface area (Å²) < 4.78 is 24.2. The van der Waals surface area contributed by atoms with Crippen LogP contribution in [0.3, 0.4) is 0 Å². The molecule has 136 valence electrons. The van der Waals surface area contributed by atoms with Crippen molar-refractivity contribution in [3.63, 3.8) is 0 Å². The molecule has 0 heterocycles. The van der Waals surface area contributed by atoms with Crippen molar-refractivity contribution in [3.05, 3.63) is 24.0 Å². The highest BCUT2D eigenvalue weighted by atomic mass is 19.1. The zero-order valence-corrected chi connectivity index (χ0v) is 14.8. The van der Waals surface area contributed by atoms with E-state index in [-0.39, 0.29) is 11.7 Å². The van der Waals surface area contributed by atoms with Crippen molar-refractivity contribution in [2.45, 2.75) is 45.3 Å². The fourth-order valence-electron chi connectivity index (χ4n) is 2.12. The second kappa shape index (κ2) is 9.44. The summed E-state index contributed by atoms with van der Waals surface area (Å²) in [6, 6.07) is 4.49. The normalized spacial score (nSPS) is 12.6. The van der Waals surface area contributed by atoms with Crippen molar-refractivity contribution in [1.29, 1.82) is 0 Å². The lowest BCUT2D eigenvalue weighted by Crippen LogP contribution is -2.28. The smallest absolute Gasteiger partial charge is 0.412 e. The minimum Gasteiger partial charge on any atom is -0.444 e. The van der Waals surface area contributed by atoms with Crippen LogP contribution in [0, 0.1) is 5.82 Å². The molecule has 0 saturated heterocycles. The average Bonchev–Trinajstić information content (AvgIpc) is 2.46. The molecule has 0 saturated carbocycles. The van der Waals surface area contributed by atoms with Gasteiger partial charge in [-0.3, -0.25) is 5.32 Å². The van der Waals surface area contributed by atoms with E-state index in [1.807, 2.05) is 0 Å². The number of nitrogens with one attached hydrogen (secondary N) is 2. The fraction of sp³-hybridized carbons (Fsp3) is 0.588. The van der Waals surface area contributed by atoms with Crippen molar-refractivity contribution in [1.82, 2.24) is 0 Å². The van der Waals surface area contributed by atoms with Gasteiger partial charge in [-0.25, -0.2) is 9.18 Å². The summed E-state index contributed by atoms with van der Waals surface area (Å²) in [6.07, 6.45) is 0.983. The first-order valence-corrected chi connectivity index (χ1v) is 8.00. The van der Waals surface area contributed by atoms with Gasteiger partial charge in [0, 0.05) is 18.8 Å². The van der Waals surface area contributed by atoms with E-state index in [4.69, 9.17) is 15.2 Å². The molecule has 1 rings (SSSR count). The zero-order valence-electron chi connectivity index (χ0n) is 14.8. The summed E-state index contributed by atoms with van der Waals surface area (Å²) in [6.45, 7) is 6.33. The van der Waals surface area contributed by atoms with Gasteiger partial charge in [-0.1, -0.05) is 0 Å². The molecule has 1 atom stereocenters. The lowest BCUT2D eigenvalue weighted by molar-refractivity contribution is 0.0635. The summed E-state index contributed by atoms with van der Waals surface area (Å²) in [5.74, 6) is -0.531. The molecule has 7 heteroatoms. The van der Waals surface area contributed by atoms with Gasteiger partial charge in [-0.05, 0) is 58.4 Å². The van der Waals surface area contributed by atoms with E-state index in [0.717, 1.165) is 12.8 Å². The summed E-state index contributed by atoms with van der Waals surface area (Å²) in [5.41, 5.74) is 5.63. The van der Waals surface area contributed by atoms with Gasteiger partial charge in [0.1, 0.15) is 11.4 Å². The molecule has 0 aliphatic heterocycles. The third-order valence-corrected chi connectivity index (χ3v) is 3.10. The number of hydrogen-bond donors (Lipinski definition) is 3. The monoisotopic (exact) mass is 341 g/mol. The predicted octanol–water partition coefficient (Wildman–Crippen LogP) is 3.34. The number of carbonyl (C=O) groups excluding carboxylic acids is 1. The van der Waals surface area contributed by atoms with Crippen LogP contribution in [0.15, 0.2) is 18.2 Å². The van der Waals surface area contributed by atoms with Crippen molar-refractivity contribution in [3.8, 4) is 0 Å². The Morgan fingerprint density at radius 2 is 2.08 bits per heavy atom. The number of rotatable bonds is 8. The Labute approximate surface area is 142 Å². The number of amides is 1. The van der Waals surface area contributed by atoms with E-state index < -0.39 is 17.5 Å².